The molecule has 0 spiro atoms. The van der Waals surface area contributed by atoms with Gasteiger partial charge in [-0.2, -0.15) is 5.10 Å². The highest BCUT2D eigenvalue weighted by molar-refractivity contribution is 6.05. The normalized spacial score (nSPS) is 10.5. The van der Waals surface area contributed by atoms with Crippen molar-refractivity contribution >= 4 is 11.6 Å². The van der Waals surface area contributed by atoms with E-state index in [1.165, 1.54) is 11.9 Å². The molecule has 0 saturated heterocycles. The highest BCUT2D eigenvalue weighted by Gasteiger charge is 2.13. The van der Waals surface area contributed by atoms with Gasteiger partial charge in [0.15, 0.2) is 0 Å². The SMILES string of the molecule is Cc1ccc(N(C)C(=O)c2ccc(Cn3cncn3)cc2)cc1. The number of carbonyl (C=O) groups is 1. The van der Waals surface area contributed by atoms with E-state index in [4.69, 9.17) is 0 Å². The van der Waals surface area contributed by atoms with E-state index in [1.54, 1.807) is 23.0 Å². The first-order valence-corrected chi connectivity index (χ1v) is 7.39. The van der Waals surface area contributed by atoms with Gasteiger partial charge in [-0.05, 0) is 36.8 Å². The lowest BCUT2D eigenvalue weighted by molar-refractivity contribution is 0.0993. The van der Waals surface area contributed by atoms with Gasteiger partial charge in [0.1, 0.15) is 12.7 Å². The number of carbonyl (C=O) groups excluding carboxylic acids is 1. The lowest BCUT2D eigenvalue weighted by Gasteiger charge is -2.17. The Morgan fingerprint density at radius 2 is 1.78 bits per heavy atom. The number of aryl methyl sites for hydroxylation is 1. The summed E-state index contributed by atoms with van der Waals surface area (Å²) in [6, 6.07) is 15.5. The van der Waals surface area contributed by atoms with Crippen LogP contribution in [-0.4, -0.2) is 27.7 Å². The first-order valence-electron chi connectivity index (χ1n) is 7.39. The number of amides is 1. The highest BCUT2D eigenvalue weighted by atomic mass is 16.2. The predicted molar refractivity (Wildman–Crippen MR) is 89.5 cm³/mol. The maximum absolute atomic E-state index is 12.6. The number of aromatic nitrogens is 3. The van der Waals surface area contributed by atoms with Crippen LogP contribution < -0.4 is 4.90 Å². The Morgan fingerprint density at radius 1 is 1.09 bits per heavy atom. The molecule has 0 fully saturated rings. The third kappa shape index (κ3) is 3.45. The lowest BCUT2D eigenvalue weighted by Crippen LogP contribution is -2.26. The van der Waals surface area contributed by atoms with Crippen LogP contribution in [0.15, 0.2) is 61.2 Å². The van der Waals surface area contributed by atoms with Crippen molar-refractivity contribution in [3.63, 3.8) is 0 Å². The Balaban J connectivity index is 1.73. The molecule has 0 aliphatic carbocycles. The van der Waals surface area contributed by atoms with Crippen LogP contribution in [0, 0.1) is 6.92 Å². The molecule has 3 aromatic rings. The molecule has 0 N–H and O–H groups in total. The summed E-state index contributed by atoms with van der Waals surface area (Å²) < 4.78 is 1.75. The second-order valence-corrected chi connectivity index (χ2v) is 5.49. The summed E-state index contributed by atoms with van der Waals surface area (Å²) in [5, 5.41) is 4.07. The Labute approximate surface area is 135 Å². The summed E-state index contributed by atoms with van der Waals surface area (Å²) in [7, 11) is 1.79. The maximum Gasteiger partial charge on any atom is 0.258 e. The van der Waals surface area contributed by atoms with Crippen molar-refractivity contribution in [3.8, 4) is 0 Å². The fraction of sp³-hybridized carbons (Fsp3) is 0.167. The average molecular weight is 306 g/mol. The van der Waals surface area contributed by atoms with Gasteiger partial charge in [-0.25, -0.2) is 9.67 Å². The van der Waals surface area contributed by atoms with Crippen molar-refractivity contribution in [2.24, 2.45) is 0 Å². The van der Waals surface area contributed by atoms with E-state index in [2.05, 4.69) is 10.1 Å². The van der Waals surface area contributed by atoms with Crippen LogP contribution >= 0.6 is 0 Å². The number of benzene rings is 2. The van der Waals surface area contributed by atoms with E-state index in [0.717, 1.165) is 11.3 Å². The van der Waals surface area contributed by atoms with Gasteiger partial charge in [0.05, 0.1) is 6.54 Å². The molecule has 5 nitrogen and oxygen atoms in total. The minimum absolute atomic E-state index is 0.0267. The second kappa shape index (κ2) is 6.44. The fourth-order valence-electron chi connectivity index (χ4n) is 2.33. The number of anilines is 1. The first kappa shape index (κ1) is 15.0. The van der Waals surface area contributed by atoms with Gasteiger partial charge < -0.3 is 4.90 Å². The molecule has 1 heterocycles. The molecule has 0 aliphatic heterocycles. The summed E-state index contributed by atoms with van der Waals surface area (Å²) in [6.45, 7) is 2.67. The van der Waals surface area contributed by atoms with Crippen molar-refractivity contribution in [2.45, 2.75) is 13.5 Å². The Morgan fingerprint density at radius 3 is 2.39 bits per heavy atom. The van der Waals surface area contributed by atoms with Crippen LogP contribution in [0.4, 0.5) is 5.69 Å². The molecule has 3 rings (SSSR count). The Hall–Kier alpha value is -2.95. The fourth-order valence-corrected chi connectivity index (χ4v) is 2.33. The highest BCUT2D eigenvalue weighted by Crippen LogP contribution is 2.17. The predicted octanol–water partition coefficient (Wildman–Crippen LogP) is 2.91. The maximum atomic E-state index is 12.6. The first-order chi connectivity index (χ1) is 11.1. The summed E-state index contributed by atoms with van der Waals surface area (Å²) in [5.41, 5.74) is 3.79. The van der Waals surface area contributed by atoms with E-state index in [-0.39, 0.29) is 5.91 Å². The molecular weight excluding hydrogens is 288 g/mol. The Bertz CT molecular complexity index is 777. The van der Waals surface area contributed by atoms with E-state index >= 15 is 0 Å². The number of nitrogens with zero attached hydrogens (tertiary/aromatic N) is 4. The van der Waals surface area contributed by atoms with Crippen LogP contribution in [0.5, 0.6) is 0 Å². The van der Waals surface area contributed by atoms with E-state index in [9.17, 15) is 4.79 Å². The zero-order chi connectivity index (χ0) is 16.2. The molecule has 0 saturated carbocycles. The van der Waals surface area contributed by atoms with Gasteiger partial charge in [0.25, 0.3) is 5.91 Å². The van der Waals surface area contributed by atoms with Crippen molar-refractivity contribution in [3.05, 3.63) is 77.9 Å². The van der Waals surface area contributed by atoms with Gasteiger partial charge in [0.2, 0.25) is 0 Å². The topological polar surface area (TPSA) is 51.0 Å². The summed E-state index contributed by atoms with van der Waals surface area (Å²) in [4.78, 5) is 18.1. The lowest BCUT2D eigenvalue weighted by atomic mass is 10.1. The van der Waals surface area contributed by atoms with Gasteiger partial charge in [-0.15, -0.1) is 0 Å². The molecule has 1 amide bonds. The third-order valence-electron chi connectivity index (χ3n) is 3.74. The van der Waals surface area contributed by atoms with Gasteiger partial charge in [-0.1, -0.05) is 29.8 Å². The van der Waals surface area contributed by atoms with Crippen LogP contribution in [0.25, 0.3) is 0 Å². The molecule has 116 valence electrons. The van der Waals surface area contributed by atoms with Crippen LogP contribution in [0.2, 0.25) is 0 Å². The van der Waals surface area contributed by atoms with Crippen molar-refractivity contribution in [1.29, 1.82) is 0 Å². The second-order valence-electron chi connectivity index (χ2n) is 5.49. The molecule has 0 bridgehead atoms. The smallest absolute Gasteiger partial charge is 0.258 e. The number of hydrogen-bond donors (Lipinski definition) is 0. The summed E-state index contributed by atoms with van der Waals surface area (Å²) >= 11 is 0. The largest absolute Gasteiger partial charge is 0.311 e. The molecule has 2 aromatic carbocycles. The molecule has 0 atom stereocenters. The molecule has 0 aliphatic rings. The minimum Gasteiger partial charge on any atom is -0.311 e. The molecule has 0 unspecified atom stereocenters. The van der Waals surface area contributed by atoms with Crippen molar-refractivity contribution in [1.82, 2.24) is 14.8 Å². The monoisotopic (exact) mass is 306 g/mol. The van der Waals surface area contributed by atoms with E-state index in [0.29, 0.717) is 12.1 Å². The van der Waals surface area contributed by atoms with Gasteiger partial charge in [0, 0.05) is 18.3 Å². The van der Waals surface area contributed by atoms with Gasteiger partial charge >= 0.3 is 0 Å². The van der Waals surface area contributed by atoms with Crippen LogP contribution in [-0.2, 0) is 6.54 Å². The molecule has 0 radical (unpaired) electrons. The van der Waals surface area contributed by atoms with Crippen LogP contribution in [0.3, 0.4) is 0 Å². The third-order valence-corrected chi connectivity index (χ3v) is 3.74. The Kier molecular flexibility index (Phi) is 4.19. The van der Waals surface area contributed by atoms with E-state index < -0.39 is 0 Å². The van der Waals surface area contributed by atoms with Crippen molar-refractivity contribution in [2.75, 3.05) is 11.9 Å². The quantitative estimate of drug-likeness (QED) is 0.744. The van der Waals surface area contributed by atoms with Crippen LogP contribution in [0.1, 0.15) is 21.5 Å². The van der Waals surface area contributed by atoms with Crippen molar-refractivity contribution < 1.29 is 4.79 Å². The molecule has 23 heavy (non-hydrogen) atoms. The summed E-state index contributed by atoms with van der Waals surface area (Å²) in [5.74, 6) is -0.0267. The van der Waals surface area contributed by atoms with Gasteiger partial charge in [-0.3, -0.25) is 4.79 Å². The zero-order valence-corrected chi connectivity index (χ0v) is 13.2. The number of hydrogen-bond acceptors (Lipinski definition) is 3. The minimum atomic E-state index is -0.0267. The number of rotatable bonds is 4. The summed E-state index contributed by atoms with van der Waals surface area (Å²) in [6.07, 6.45) is 3.18. The molecular formula is C18H18N4O. The average Bonchev–Trinajstić information content (AvgIpc) is 3.08. The molecule has 5 heteroatoms. The molecule has 1 aromatic heterocycles. The standard InChI is InChI=1S/C18H18N4O/c1-14-3-9-17(10-4-14)21(2)18(23)16-7-5-15(6-8-16)11-22-13-19-12-20-22/h3-10,12-13H,11H2,1-2H3. The van der Waals surface area contributed by atoms with E-state index in [1.807, 2.05) is 55.5 Å². The zero-order valence-electron chi connectivity index (χ0n) is 13.2.